The highest BCUT2D eigenvalue weighted by Gasteiger charge is 2.32. The fourth-order valence-corrected chi connectivity index (χ4v) is 5.72. The molecule has 168 valence electrons. The molecule has 0 amide bonds. The van der Waals surface area contributed by atoms with Gasteiger partial charge < -0.3 is 14.9 Å². The maximum atomic E-state index is 10.6. The normalized spacial score (nSPS) is 24.1. The third-order valence-corrected chi connectivity index (χ3v) is 8.37. The molecule has 0 aliphatic heterocycles. The molecule has 0 spiro atoms. The molecule has 1 aliphatic rings. The van der Waals surface area contributed by atoms with E-state index >= 15 is 0 Å². The molecule has 1 aliphatic carbocycles. The molecule has 2 unspecified atom stereocenters. The highest BCUT2D eigenvalue weighted by molar-refractivity contribution is 9.10. The Labute approximate surface area is 193 Å². The number of rotatable bonds is 12. The van der Waals surface area contributed by atoms with E-state index in [1.54, 1.807) is 7.11 Å². The number of carboxylic acids is 1. The average molecular weight is 500 g/mol. The number of aryl methyl sites for hydroxylation is 1. The Hall–Kier alpha value is -0.950. The fourth-order valence-electron chi connectivity index (χ4n) is 4.10. The van der Waals surface area contributed by atoms with Crippen molar-refractivity contribution in [3.05, 3.63) is 44.6 Å². The van der Waals surface area contributed by atoms with E-state index in [1.807, 2.05) is 11.3 Å². The van der Waals surface area contributed by atoms with Crippen LogP contribution in [0.15, 0.2) is 34.8 Å². The topological polar surface area (TPSA) is 66.8 Å². The van der Waals surface area contributed by atoms with Crippen LogP contribution in [0.25, 0.3) is 0 Å². The van der Waals surface area contributed by atoms with E-state index < -0.39 is 5.97 Å². The summed E-state index contributed by atoms with van der Waals surface area (Å²) in [5.74, 6) is 0.259. The number of hydrogen-bond acceptors (Lipinski definition) is 4. The third-order valence-electron chi connectivity index (χ3n) is 6.00. The zero-order chi connectivity index (χ0) is 22.1. The number of thiophene rings is 1. The number of methoxy groups -OCH3 is 1. The predicted octanol–water partition coefficient (Wildman–Crippen LogP) is 6.47. The van der Waals surface area contributed by atoms with Crippen LogP contribution in [0.2, 0.25) is 0 Å². The molecule has 0 radical (unpaired) electrons. The minimum atomic E-state index is -0.747. The number of aliphatic hydroxyl groups excluding tert-OH is 1. The molecule has 0 bridgehead atoms. The number of carbonyl (C=O) groups is 1. The van der Waals surface area contributed by atoms with Crippen molar-refractivity contribution in [3.63, 3.8) is 0 Å². The van der Waals surface area contributed by atoms with Gasteiger partial charge in [0.1, 0.15) is 0 Å². The number of aliphatic carboxylic acids is 1. The second-order valence-corrected chi connectivity index (χ2v) is 10.5. The van der Waals surface area contributed by atoms with Gasteiger partial charge in [-0.25, -0.2) is 0 Å². The molecule has 1 aromatic rings. The quantitative estimate of drug-likeness (QED) is 0.255. The van der Waals surface area contributed by atoms with E-state index in [-0.39, 0.29) is 24.5 Å². The van der Waals surface area contributed by atoms with Crippen LogP contribution in [0.4, 0.5) is 0 Å². The summed E-state index contributed by atoms with van der Waals surface area (Å²) in [6.45, 7) is 4.37. The summed E-state index contributed by atoms with van der Waals surface area (Å²) < 4.78 is 6.91. The molecule has 6 heteroatoms. The van der Waals surface area contributed by atoms with E-state index in [0.717, 1.165) is 32.1 Å². The van der Waals surface area contributed by atoms with Gasteiger partial charge in [0.05, 0.1) is 12.2 Å². The van der Waals surface area contributed by atoms with Gasteiger partial charge in [0.25, 0.3) is 0 Å². The van der Waals surface area contributed by atoms with E-state index in [0.29, 0.717) is 18.3 Å². The number of allylic oxidation sites excluding steroid dienone is 3. The minimum absolute atomic E-state index is 0.0612. The van der Waals surface area contributed by atoms with Crippen molar-refractivity contribution < 1.29 is 19.7 Å². The molecule has 2 N–H and O–H groups in total. The van der Waals surface area contributed by atoms with Crippen LogP contribution in [0, 0.1) is 18.8 Å². The Bertz CT molecular complexity index is 707. The lowest BCUT2D eigenvalue weighted by molar-refractivity contribution is -0.137. The SMILES string of the molecule is CO[C@H](C=C[C@H]1CCC(O)[C@@H]1CC=CCCCC(=O)O)CC(C)c1cc(Br)c(C)s1. The van der Waals surface area contributed by atoms with Gasteiger partial charge in [0.2, 0.25) is 0 Å². The average Bonchev–Trinajstić information content (AvgIpc) is 3.23. The van der Waals surface area contributed by atoms with Crippen molar-refractivity contribution in [1.29, 1.82) is 0 Å². The first-order chi connectivity index (χ1) is 14.3. The van der Waals surface area contributed by atoms with Crippen molar-refractivity contribution in [2.24, 2.45) is 11.8 Å². The monoisotopic (exact) mass is 498 g/mol. The summed E-state index contributed by atoms with van der Waals surface area (Å²) in [7, 11) is 1.76. The number of carboxylic acid groups (broad SMARTS) is 1. The molecule has 0 saturated heterocycles. The van der Waals surface area contributed by atoms with Crippen LogP contribution in [0.3, 0.4) is 0 Å². The lowest BCUT2D eigenvalue weighted by atomic mass is 9.90. The first kappa shape index (κ1) is 25.3. The van der Waals surface area contributed by atoms with Crippen molar-refractivity contribution in [2.75, 3.05) is 7.11 Å². The maximum absolute atomic E-state index is 10.6. The maximum Gasteiger partial charge on any atom is 0.303 e. The second kappa shape index (κ2) is 12.8. The van der Waals surface area contributed by atoms with E-state index in [1.165, 1.54) is 14.2 Å². The van der Waals surface area contributed by atoms with Crippen molar-refractivity contribution in [2.45, 2.75) is 76.9 Å². The van der Waals surface area contributed by atoms with Gasteiger partial charge in [0.15, 0.2) is 0 Å². The molecule has 1 saturated carbocycles. The van der Waals surface area contributed by atoms with Crippen LogP contribution in [-0.4, -0.2) is 35.5 Å². The van der Waals surface area contributed by atoms with Crippen LogP contribution in [-0.2, 0) is 9.53 Å². The number of halogens is 1. The van der Waals surface area contributed by atoms with Gasteiger partial charge in [-0.2, -0.15) is 0 Å². The smallest absolute Gasteiger partial charge is 0.303 e. The number of aliphatic hydroxyl groups is 1. The molecular formula is C24H35BrO4S. The van der Waals surface area contributed by atoms with Crippen LogP contribution < -0.4 is 0 Å². The second-order valence-electron chi connectivity index (χ2n) is 8.31. The van der Waals surface area contributed by atoms with Crippen molar-refractivity contribution in [1.82, 2.24) is 0 Å². The van der Waals surface area contributed by atoms with Gasteiger partial charge in [-0.05, 0) is 85.2 Å². The third kappa shape index (κ3) is 7.95. The molecule has 0 aromatic carbocycles. The van der Waals surface area contributed by atoms with E-state index in [9.17, 15) is 9.90 Å². The summed E-state index contributed by atoms with van der Waals surface area (Å²) in [5, 5.41) is 19.1. The Morgan fingerprint density at radius 2 is 2.17 bits per heavy atom. The number of hydrogen-bond donors (Lipinski definition) is 2. The largest absolute Gasteiger partial charge is 0.481 e. The molecule has 2 rings (SSSR count). The number of ether oxygens (including phenoxy) is 1. The molecule has 5 atom stereocenters. The minimum Gasteiger partial charge on any atom is -0.481 e. The Kier molecular flexibility index (Phi) is 10.8. The Morgan fingerprint density at radius 3 is 2.80 bits per heavy atom. The fraction of sp³-hybridized carbons (Fsp3) is 0.625. The predicted molar refractivity (Wildman–Crippen MR) is 127 cm³/mol. The van der Waals surface area contributed by atoms with Gasteiger partial charge in [-0.1, -0.05) is 31.2 Å². The highest BCUT2D eigenvalue weighted by Crippen LogP contribution is 2.37. The molecule has 1 aromatic heterocycles. The van der Waals surface area contributed by atoms with Crippen LogP contribution in [0.5, 0.6) is 0 Å². The summed E-state index contributed by atoms with van der Waals surface area (Å²) >= 11 is 5.44. The summed E-state index contributed by atoms with van der Waals surface area (Å²) in [5.41, 5.74) is 0. The summed E-state index contributed by atoms with van der Waals surface area (Å²) in [6, 6.07) is 2.22. The number of unbranched alkanes of at least 4 members (excludes halogenated alkanes) is 1. The Balaban J connectivity index is 1.87. The lowest BCUT2D eigenvalue weighted by Gasteiger charge is -2.20. The molecule has 30 heavy (non-hydrogen) atoms. The molecule has 1 heterocycles. The zero-order valence-electron chi connectivity index (χ0n) is 18.2. The molecule has 1 fully saturated rings. The summed E-state index contributed by atoms with van der Waals surface area (Å²) in [4.78, 5) is 13.2. The van der Waals surface area contributed by atoms with Crippen molar-refractivity contribution >= 4 is 33.2 Å². The van der Waals surface area contributed by atoms with E-state index in [2.05, 4.69) is 60.1 Å². The lowest BCUT2D eigenvalue weighted by Crippen LogP contribution is -2.18. The van der Waals surface area contributed by atoms with Gasteiger partial charge >= 0.3 is 5.97 Å². The first-order valence-electron chi connectivity index (χ1n) is 10.8. The molecule has 4 nitrogen and oxygen atoms in total. The first-order valence-corrected chi connectivity index (χ1v) is 12.4. The van der Waals surface area contributed by atoms with Gasteiger partial charge in [0, 0.05) is 27.8 Å². The van der Waals surface area contributed by atoms with E-state index in [4.69, 9.17) is 9.84 Å². The van der Waals surface area contributed by atoms with Crippen LogP contribution in [0.1, 0.15) is 67.5 Å². The Morgan fingerprint density at radius 1 is 1.40 bits per heavy atom. The van der Waals surface area contributed by atoms with Crippen LogP contribution >= 0.6 is 27.3 Å². The highest BCUT2D eigenvalue weighted by atomic mass is 79.9. The standard InChI is InChI=1S/C24H35BrO4S/c1-16(23-15-21(25)17(2)30-23)14-19(29-3)12-10-18-11-13-22(26)20(18)8-6-4-5-7-9-24(27)28/h4,6,10,12,15-16,18-20,22,26H,5,7-9,11,13-14H2,1-3H3,(H,27,28)/t16?,18-,19+,20+,22?/m0/s1. The van der Waals surface area contributed by atoms with Crippen molar-refractivity contribution in [3.8, 4) is 0 Å². The van der Waals surface area contributed by atoms with Gasteiger partial charge in [-0.3, -0.25) is 4.79 Å². The zero-order valence-corrected chi connectivity index (χ0v) is 20.6. The van der Waals surface area contributed by atoms with Gasteiger partial charge in [-0.15, -0.1) is 11.3 Å². The summed E-state index contributed by atoms with van der Waals surface area (Å²) in [6.07, 6.45) is 13.6. The molecular weight excluding hydrogens is 464 g/mol.